The molecule has 1 aromatic carbocycles. The monoisotopic (exact) mass is 278 g/mol. The average Bonchev–Trinajstić information content (AvgIpc) is 2.48. The summed E-state index contributed by atoms with van der Waals surface area (Å²) in [6.45, 7) is 5.83. The predicted octanol–water partition coefficient (Wildman–Crippen LogP) is 1.45. The summed E-state index contributed by atoms with van der Waals surface area (Å²) in [5.74, 6) is 0.503. The van der Waals surface area contributed by atoms with Crippen LogP contribution in [0.5, 0.6) is 0 Å². The van der Waals surface area contributed by atoms with Crippen LogP contribution in [0, 0.1) is 0 Å². The number of nitrogens with zero attached hydrogens (tertiary/aromatic N) is 2. The number of likely N-dealkylation sites (N-methyl/N-ethyl adjacent to an activating group) is 1. The Morgan fingerprint density at radius 2 is 2.10 bits per heavy atom. The summed E-state index contributed by atoms with van der Waals surface area (Å²) in [4.78, 5) is 6.43. The maximum Gasteiger partial charge on any atom is 0.188 e. The molecule has 0 heterocycles. The van der Waals surface area contributed by atoms with E-state index in [2.05, 4.69) is 34.4 Å². The molecule has 0 bridgehead atoms. The van der Waals surface area contributed by atoms with Crippen molar-refractivity contribution >= 4 is 11.6 Å². The van der Waals surface area contributed by atoms with Gasteiger partial charge in [-0.25, -0.2) is 0 Å². The van der Waals surface area contributed by atoms with Crippen molar-refractivity contribution in [1.82, 2.24) is 5.32 Å². The number of para-hydroxylation sites is 1. The van der Waals surface area contributed by atoms with E-state index in [0.29, 0.717) is 12.5 Å². The van der Waals surface area contributed by atoms with Crippen molar-refractivity contribution in [2.75, 3.05) is 44.8 Å². The van der Waals surface area contributed by atoms with Gasteiger partial charge in [0.1, 0.15) is 0 Å². The number of aliphatic imine (C=N–C) groups is 1. The highest BCUT2D eigenvalue weighted by atomic mass is 16.5. The number of benzene rings is 1. The zero-order valence-electron chi connectivity index (χ0n) is 12.5. The topological polar surface area (TPSA) is 62.9 Å². The van der Waals surface area contributed by atoms with Gasteiger partial charge in [0.05, 0.1) is 0 Å². The summed E-state index contributed by atoms with van der Waals surface area (Å²) >= 11 is 0. The fourth-order valence-electron chi connectivity index (χ4n) is 1.73. The zero-order valence-corrected chi connectivity index (χ0v) is 12.5. The highest BCUT2D eigenvalue weighted by Crippen LogP contribution is 2.09. The van der Waals surface area contributed by atoms with Crippen LogP contribution < -0.4 is 16.0 Å². The number of hydrogen-bond donors (Lipinski definition) is 2. The van der Waals surface area contributed by atoms with Crippen LogP contribution in [0.1, 0.15) is 13.3 Å². The molecule has 3 N–H and O–H groups in total. The molecule has 0 saturated heterocycles. The first-order chi connectivity index (χ1) is 9.74. The average molecular weight is 278 g/mol. The van der Waals surface area contributed by atoms with Gasteiger partial charge in [-0.05, 0) is 25.5 Å². The van der Waals surface area contributed by atoms with Crippen molar-refractivity contribution in [3.63, 3.8) is 0 Å². The summed E-state index contributed by atoms with van der Waals surface area (Å²) in [7, 11) is 2.06. The summed E-state index contributed by atoms with van der Waals surface area (Å²) < 4.78 is 5.24. The van der Waals surface area contributed by atoms with Crippen molar-refractivity contribution < 1.29 is 4.74 Å². The normalized spacial score (nSPS) is 11.4. The number of guanidine groups is 1. The third-order valence-corrected chi connectivity index (χ3v) is 2.88. The molecule has 112 valence electrons. The smallest absolute Gasteiger partial charge is 0.188 e. The van der Waals surface area contributed by atoms with E-state index in [1.165, 1.54) is 5.69 Å². The Kier molecular flexibility index (Phi) is 8.22. The van der Waals surface area contributed by atoms with Crippen LogP contribution in [-0.2, 0) is 4.74 Å². The third-order valence-electron chi connectivity index (χ3n) is 2.88. The van der Waals surface area contributed by atoms with Gasteiger partial charge in [-0.3, -0.25) is 4.99 Å². The summed E-state index contributed by atoms with van der Waals surface area (Å²) in [5, 5.41) is 3.12. The molecular weight excluding hydrogens is 252 g/mol. The van der Waals surface area contributed by atoms with E-state index in [0.717, 1.165) is 32.7 Å². The largest absolute Gasteiger partial charge is 0.382 e. The summed E-state index contributed by atoms with van der Waals surface area (Å²) in [5.41, 5.74) is 6.99. The quantitative estimate of drug-likeness (QED) is 0.408. The van der Waals surface area contributed by atoms with E-state index in [1.807, 2.05) is 25.1 Å². The molecule has 5 heteroatoms. The number of anilines is 1. The van der Waals surface area contributed by atoms with Crippen molar-refractivity contribution in [1.29, 1.82) is 0 Å². The first kappa shape index (κ1) is 16.3. The molecule has 1 rings (SSSR count). The van der Waals surface area contributed by atoms with E-state index < -0.39 is 0 Å². The molecule has 0 aromatic heterocycles. The molecule has 0 aliphatic rings. The zero-order chi connectivity index (χ0) is 14.6. The number of hydrogen-bond acceptors (Lipinski definition) is 3. The number of ether oxygens (including phenoxy) is 1. The molecular formula is C15H26N4O. The van der Waals surface area contributed by atoms with Gasteiger partial charge in [-0.2, -0.15) is 0 Å². The Labute approximate surface area is 121 Å². The maximum atomic E-state index is 5.79. The fraction of sp³-hybridized carbons (Fsp3) is 0.533. The second-order valence-electron chi connectivity index (χ2n) is 4.50. The van der Waals surface area contributed by atoms with Gasteiger partial charge >= 0.3 is 0 Å². The minimum Gasteiger partial charge on any atom is -0.382 e. The summed E-state index contributed by atoms with van der Waals surface area (Å²) in [6.07, 6.45) is 0.903. The lowest BCUT2D eigenvalue weighted by molar-refractivity contribution is 0.146. The van der Waals surface area contributed by atoms with Gasteiger partial charge in [-0.1, -0.05) is 18.2 Å². The molecule has 0 aliphatic heterocycles. The molecule has 0 aliphatic carbocycles. The minimum absolute atomic E-state index is 0.503. The van der Waals surface area contributed by atoms with E-state index in [4.69, 9.17) is 10.5 Å². The SMILES string of the molecule is CCOCCCN=C(N)NCCN(C)c1ccccc1. The molecule has 0 saturated carbocycles. The molecule has 0 spiro atoms. The molecule has 0 atom stereocenters. The van der Waals surface area contributed by atoms with Crippen molar-refractivity contribution in [3.05, 3.63) is 30.3 Å². The number of rotatable bonds is 9. The summed E-state index contributed by atoms with van der Waals surface area (Å²) in [6, 6.07) is 10.3. The van der Waals surface area contributed by atoms with E-state index in [1.54, 1.807) is 0 Å². The fourth-order valence-corrected chi connectivity index (χ4v) is 1.73. The Bertz CT molecular complexity index is 381. The van der Waals surface area contributed by atoms with Gasteiger partial charge in [-0.15, -0.1) is 0 Å². The lowest BCUT2D eigenvalue weighted by Gasteiger charge is -2.19. The molecule has 5 nitrogen and oxygen atoms in total. The van der Waals surface area contributed by atoms with E-state index in [9.17, 15) is 0 Å². The first-order valence-electron chi connectivity index (χ1n) is 7.11. The highest BCUT2D eigenvalue weighted by Gasteiger charge is 1.99. The van der Waals surface area contributed by atoms with Crippen molar-refractivity contribution in [3.8, 4) is 0 Å². The Morgan fingerprint density at radius 1 is 1.35 bits per heavy atom. The Balaban J connectivity index is 2.15. The molecule has 0 amide bonds. The molecule has 1 aromatic rings. The molecule has 0 radical (unpaired) electrons. The standard InChI is InChI=1S/C15H26N4O/c1-3-20-13-7-10-17-15(16)18-11-12-19(2)14-8-5-4-6-9-14/h4-6,8-9H,3,7,10-13H2,1-2H3,(H3,16,17,18). The molecule has 0 fully saturated rings. The Hall–Kier alpha value is -1.75. The second kappa shape index (κ2) is 10.1. The van der Waals surface area contributed by atoms with E-state index in [-0.39, 0.29) is 0 Å². The van der Waals surface area contributed by atoms with Crippen LogP contribution in [0.3, 0.4) is 0 Å². The van der Waals surface area contributed by atoms with Gasteiger partial charge in [0.15, 0.2) is 5.96 Å². The van der Waals surface area contributed by atoms with Crippen molar-refractivity contribution in [2.24, 2.45) is 10.7 Å². The van der Waals surface area contributed by atoms with Gasteiger partial charge in [0.2, 0.25) is 0 Å². The lowest BCUT2D eigenvalue weighted by Crippen LogP contribution is -2.37. The minimum atomic E-state index is 0.503. The van der Waals surface area contributed by atoms with Crippen LogP contribution in [0.4, 0.5) is 5.69 Å². The lowest BCUT2D eigenvalue weighted by atomic mass is 10.3. The highest BCUT2D eigenvalue weighted by molar-refractivity contribution is 5.77. The van der Waals surface area contributed by atoms with Gasteiger partial charge < -0.3 is 20.7 Å². The maximum absolute atomic E-state index is 5.79. The Morgan fingerprint density at radius 3 is 2.80 bits per heavy atom. The predicted molar refractivity (Wildman–Crippen MR) is 85.3 cm³/mol. The second-order valence-corrected chi connectivity index (χ2v) is 4.50. The van der Waals surface area contributed by atoms with Crippen LogP contribution in [0.2, 0.25) is 0 Å². The van der Waals surface area contributed by atoms with Gasteiger partial charge in [0.25, 0.3) is 0 Å². The first-order valence-corrected chi connectivity index (χ1v) is 7.11. The number of nitrogens with one attached hydrogen (secondary N) is 1. The number of nitrogens with two attached hydrogens (primary N) is 1. The van der Waals surface area contributed by atoms with Crippen molar-refractivity contribution in [2.45, 2.75) is 13.3 Å². The third kappa shape index (κ3) is 6.99. The van der Waals surface area contributed by atoms with Crippen LogP contribution in [0.25, 0.3) is 0 Å². The molecule has 20 heavy (non-hydrogen) atoms. The van der Waals surface area contributed by atoms with Crippen LogP contribution in [0.15, 0.2) is 35.3 Å². The molecule has 0 unspecified atom stereocenters. The van der Waals surface area contributed by atoms with E-state index >= 15 is 0 Å². The van der Waals surface area contributed by atoms with Crippen LogP contribution in [-0.4, -0.2) is 45.9 Å². The van der Waals surface area contributed by atoms with Crippen LogP contribution >= 0.6 is 0 Å². The van der Waals surface area contributed by atoms with Gasteiger partial charge in [0, 0.05) is 45.6 Å².